The third kappa shape index (κ3) is 2.11. The lowest BCUT2D eigenvalue weighted by Gasteiger charge is -2.13. The van der Waals surface area contributed by atoms with Crippen molar-refractivity contribution in [3.8, 4) is 11.5 Å². The molecule has 2 aliphatic rings. The highest BCUT2D eigenvalue weighted by atomic mass is 16.5. The maximum absolute atomic E-state index is 12.8. The second kappa shape index (κ2) is 5.05. The number of carbonyl (C=O) groups is 1. The number of hydrogen-bond acceptors (Lipinski definition) is 3. The first-order chi connectivity index (χ1) is 10.7. The Morgan fingerprint density at radius 3 is 2.68 bits per heavy atom. The number of carbonyl (C=O) groups excluding carboxylic acids is 1. The van der Waals surface area contributed by atoms with Crippen LogP contribution in [0, 0.1) is 6.92 Å². The van der Waals surface area contributed by atoms with Crippen molar-refractivity contribution < 1.29 is 14.3 Å². The zero-order valence-electron chi connectivity index (χ0n) is 12.4. The molecule has 4 nitrogen and oxygen atoms in total. The van der Waals surface area contributed by atoms with E-state index in [1.54, 1.807) is 0 Å². The predicted molar refractivity (Wildman–Crippen MR) is 84.0 cm³/mol. The van der Waals surface area contributed by atoms with Gasteiger partial charge >= 0.3 is 0 Å². The van der Waals surface area contributed by atoms with Gasteiger partial charge in [0.2, 0.25) is 0 Å². The van der Waals surface area contributed by atoms with Crippen molar-refractivity contribution in [2.45, 2.75) is 19.8 Å². The Morgan fingerprint density at radius 1 is 1.09 bits per heavy atom. The standard InChI is InChI=1S/C18H17NO3/c1-11-2-4-13(5-3-11)19-18(20)16-14-7-9-21-15(14)10-12-6-8-22-17(12)16/h2-5,10H,6-9H2,1H3,(H,19,20). The van der Waals surface area contributed by atoms with Crippen LogP contribution in [-0.2, 0) is 12.8 Å². The number of ether oxygens (including phenoxy) is 2. The zero-order valence-corrected chi connectivity index (χ0v) is 12.4. The van der Waals surface area contributed by atoms with E-state index in [2.05, 4.69) is 5.32 Å². The van der Waals surface area contributed by atoms with Crippen molar-refractivity contribution in [2.24, 2.45) is 0 Å². The van der Waals surface area contributed by atoms with Gasteiger partial charge in [-0.05, 0) is 25.1 Å². The topological polar surface area (TPSA) is 47.6 Å². The molecule has 0 bridgehead atoms. The summed E-state index contributed by atoms with van der Waals surface area (Å²) < 4.78 is 11.4. The number of nitrogens with one attached hydrogen (secondary N) is 1. The van der Waals surface area contributed by atoms with Crippen LogP contribution in [0.2, 0.25) is 0 Å². The Bertz CT molecular complexity index is 718. The van der Waals surface area contributed by atoms with Crippen LogP contribution < -0.4 is 14.8 Å². The largest absolute Gasteiger partial charge is 0.493 e. The third-order valence-corrected chi connectivity index (χ3v) is 4.19. The van der Waals surface area contributed by atoms with Gasteiger partial charge in [-0.1, -0.05) is 17.7 Å². The summed E-state index contributed by atoms with van der Waals surface area (Å²) >= 11 is 0. The lowest BCUT2D eigenvalue weighted by molar-refractivity contribution is 0.102. The molecule has 0 aliphatic carbocycles. The first-order valence-corrected chi connectivity index (χ1v) is 7.55. The van der Waals surface area contributed by atoms with E-state index < -0.39 is 0 Å². The first-order valence-electron chi connectivity index (χ1n) is 7.55. The molecule has 4 rings (SSSR count). The van der Waals surface area contributed by atoms with Gasteiger partial charge in [-0.3, -0.25) is 4.79 Å². The van der Waals surface area contributed by atoms with Crippen LogP contribution in [0.3, 0.4) is 0 Å². The molecule has 0 atom stereocenters. The second-order valence-corrected chi connectivity index (χ2v) is 5.73. The number of benzene rings is 2. The van der Waals surface area contributed by atoms with Gasteiger partial charge in [0, 0.05) is 29.7 Å². The monoisotopic (exact) mass is 295 g/mol. The Labute approximate surface area is 129 Å². The van der Waals surface area contributed by atoms with Crippen molar-refractivity contribution >= 4 is 11.6 Å². The summed E-state index contributed by atoms with van der Waals surface area (Å²) in [6, 6.07) is 9.80. The third-order valence-electron chi connectivity index (χ3n) is 4.19. The molecule has 0 spiro atoms. The summed E-state index contributed by atoms with van der Waals surface area (Å²) in [5, 5.41) is 2.97. The van der Waals surface area contributed by atoms with E-state index in [-0.39, 0.29) is 5.91 Å². The highest BCUT2D eigenvalue weighted by Gasteiger charge is 2.30. The van der Waals surface area contributed by atoms with Crippen LogP contribution in [0.5, 0.6) is 11.5 Å². The van der Waals surface area contributed by atoms with E-state index in [0.29, 0.717) is 18.8 Å². The number of rotatable bonds is 2. The fourth-order valence-electron chi connectivity index (χ4n) is 3.06. The first kappa shape index (κ1) is 13.2. The number of amides is 1. The molecule has 1 amide bonds. The Kier molecular flexibility index (Phi) is 3.03. The van der Waals surface area contributed by atoms with Crippen LogP contribution in [0.1, 0.15) is 27.0 Å². The van der Waals surface area contributed by atoms with Crippen molar-refractivity contribution in [1.29, 1.82) is 0 Å². The van der Waals surface area contributed by atoms with Crippen LogP contribution in [0.4, 0.5) is 5.69 Å². The lowest BCUT2D eigenvalue weighted by Crippen LogP contribution is -2.15. The van der Waals surface area contributed by atoms with Crippen molar-refractivity contribution in [1.82, 2.24) is 0 Å². The molecule has 0 fully saturated rings. The number of fused-ring (bicyclic) bond motifs is 2. The average molecular weight is 295 g/mol. The van der Waals surface area contributed by atoms with Gasteiger partial charge in [0.25, 0.3) is 5.91 Å². The molecule has 1 N–H and O–H groups in total. The Balaban J connectivity index is 1.73. The van der Waals surface area contributed by atoms with E-state index >= 15 is 0 Å². The summed E-state index contributed by atoms with van der Waals surface area (Å²) in [4.78, 5) is 12.8. The minimum atomic E-state index is -0.121. The normalized spacial score (nSPS) is 14.8. The maximum Gasteiger partial charge on any atom is 0.259 e. The minimum absolute atomic E-state index is 0.121. The van der Waals surface area contributed by atoms with E-state index in [4.69, 9.17) is 9.47 Å². The molecule has 2 aromatic rings. The molecular weight excluding hydrogens is 278 g/mol. The van der Waals surface area contributed by atoms with E-state index in [9.17, 15) is 4.79 Å². The highest BCUT2D eigenvalue weighted by molar-refractivity contribution is 6.08. The van der Waals surface area contributed by atoms with Crippen LogP contribution in [0.15, 0.2) is 30.3 Å². The summed E-state index contributed by atoms with van der Waals surface area (Å²) in [6.07, 6.45) is 1.58. The molecule has 2 heterocycles. The molecule has 0 saturated carbocycles. The smallest absolute Gasteiger partial charge is 0.259 e. The molecule has 112 valence electrons. The molecule has 0 radical (unpaired) electrons. The summed E-state index contributed by atoms with van der Waals surface area (Å²) in [7, 11) is 0. The summed E-state index contributed by atoms with van der Waals surface area (Å²) in [5.74, 6) is 1.44. The number of anilines is 1. The Morgan fingerprint density at radius 2 is 1.86 bits per heavy atom. The molecule has 2 aliphatic heterocycles. The molecule has 4 heteroatoms. The van der Waals surface area contributed by atoms with Crippen LogP contribution >= 0.6 is 0 Å². The molecule has 0 saturated heterocycles. The van der Waals surface area contributed by atoms with Gasteiger partial charge in [0.1, 0.15) is 11.5 Å². The lowest BCUT2D eigenvalue weighted by atomic mass is 9.99. The SMILES string of the molecule is Cc1ccc(NC(=O)c2c3c(cc4c2OCC4)OCC3)cc1. The summed E-state index contributed by atoms with van der Waals surface area (Å²) in [6.45, 7) is 3.28. The second-order valence-electron chi connectivity index (χ2n) is 5.73. The van der Waals surface area contributed by atoms with Crippen molar-refractivity contribution in [2.75, 3.05) is 18.5 Å². The molecule has 0 aromatic heterocycles. The van der Waals surface area contributed by atoms with Gasteiger partial charge < -0.3 is 14.8 Å². The average Bonchev–Trinajstić information content (AvgIpc) is 3.15. The predicted octanol–water partition coefficient (Wildman–Crippen LogP) is 3.12. The highest BCUT2D eigenvalue weighted by Crippen LogP contribution is 2.40. The van der Waals surface area contributed by atoms with E-state index in [1.165, 1.54) is 0 Å². The maximum atomic E-state index is 12.8. The fourth-order valence-corrected chi connectivity index (χ4v) is 3.06. The van der Waals surface area contributed by atoms with Crippen molar-refractivity contribution in [3.63, 3.8) is 0 Å². The molecule has 2 aromatic carbocycles. The molecule has 0 unspecified atom stereocenters. The van der Waals surface area contributed by atoms with E-state index in [0.717, 1.165) is 46.7 Å². The van der Waals surface area contributed by atoms with Gasteiger partial charge in [-0.2, -0.15) is 0 Å². The van der Waals surface area contributed by atoms with Crippen LogP contribution in [-0.4, -0.2) is 19.1 Å². The Hall–Kier alpha value is -2.49. The fraction of sp³-hybridized carbons (Fsp3) is 0.278. The molecule has 22 heavy (non-hydrogen) atoms. The minimum Gasteiger partial charge on any atom is -0.493 e. The zero-order chi connectivity index (χ0) is 15.1. The van der Waals surface area contributed by atoms with Gasteiger partial charge in [0.05, 0.1) is 18.8 Å². The van der Waals surface area contributed by atoms with Gasteiger partial charge in [0.15, 0.2) is 0 Å². The van der Waals surface area contributed by atoms with Crippen LogP contribution in [0.25, 0.3) is 0 Å². The van der Waals surface area contributed by atoms with Gasteiger partial charge in [-0.25, -0.2) is 0 Å². The summed E-state index contributed by atoms with van der Waals surface area (Å²) in [5.41, 5.74) is 4.62. The van der Waals surface area contributed by atoms with Crippen molar-refractivity contribution in [3.05, 3.63) is 52.6 Å². The van der Waals surface area contributed by atoms with E-state index in [1.807, 2.05) is 37.3 Å². The number of aryl methyl sites for hydroxylation is 1. The molecular formula is C18H17NO3. The number of hydrogen-bond donors (Lipinski definition) is 1. The van der Waals surface area contributed by atoms with Gasteiger partial charge in [-0.15, -0.1) is 0 Å². The quantitative estimate of drug-likeness (QED) is 0.926.